The summed E-state index contributed by atoms with van der Waals surface area (Å²) in [6, 6.07) is 4.12. The maximum atomic E-state index is 12.1. The number of hydrogen-bond acceptors (Lipinski definition) is 7. The van der Waals surface area contributed by atoms with Gasteiger partial charge in [-0.05, 0) is 25.8 Å². The number of carbonyl (C=O) groups is 3. The SMILES string of the molecule is CCOC(=O)C(Cc1cccc([N+](=O)[O-])c1NC(C)=O)C(=O)OCC. The van der Waals surface area contributed by atoms with Crippen LogP contribution in [0.3, 0.4) is 0 Å². The van der Waals surface area contributed by atoms with Crippen LogP contribution >= 0.6 is 0 Å². The van der Waals surface area contributed by atoms with E-state index in [9.17, 15) is 24.5 Å². The number of nitrogens with zero attached hydrogens (tertiary/aromatic N) is 1. The van der Waals surface area contributed by atoms with Crippen LogP contribution in [0.4, 0.5) is 11.4 Å². The van der Waals surface area contributed by atoms with Gasteiger partial charge in [-0.15, -0.1) is 0 Å². The first-order valence-corrected chi connectivity index (χ1v) is 7.68. The molecule has 0 fully saturated rings. The average Bonchev–Trinajstić information content (AvgIpc) is 2.53. The van der Waals surface area contributed by atoms with Gasteiger partial charge in [0.05, 0.1) is 18.1 Å². The van der Waals surface area contributed by atoms with E-state index in [2.05, 4.69) is 5.32 Å². The highest BCUT2D eigenvalue weighted by atomic mass is 16.6. The molecule has 0 saturated heterocycles. The Morgan fingerprint density at radius 3 is 2.16 bits per heavy atom. The van der Waals surface area contributed by atoms with Gasteiger partial charge in [0.25, 0.3) is 5.69 Å². The van der Waals surface area contributed by atoms with Crippen molar-refractivity contribution < 1.29 is 28.8 Å². The second kappa shape index (κ2) is 9.36. The Morgan fingerprint density at radius 1 is 1.16 bits per heavy atom. The van der Waals surface area contributed by atoms with Gasteiger partial charge in [0.2, 0.25) is 5.91 Å². The fraction of sp³-hybridized carbons (Fsp3) is 0.438. The quantitative estimate of drug-likeness (QED) is 0.327. The van der Waals surface area contributed by atoms with Crippen LogP contribution in [0.5, 0.6) is 0 Å². The van der Waals surface area contributed by atoms with Crippen LogP contribution in [0.2, 0.25) is 0 Å². The number of rotatable bonds is 8. The fourth-order valence-corrected chi connectivity index (χ4v) is 2.20. The van der Waals surface area contributed by atoms with Gasteiger partial charge >= 0.3 is 11.9 Å². The molecule has 0 saturated carbocycles. The number of amides is 1. The Bertz CT molecular complexity index is 654. The highest BCUT2D eigenvalue weighted by Gasteiger charge is 2.32. The summed E-state index contributed by atoms with van der Waals surface area (Å²) in [6.07, 6.45) is -0.199. The summed E-state index contributed by atoms with van der Waals surface area (Å²) in [5.41, 5.74) is -0.131. The van der Waals surface area contributed by atoms with E-state index in [4.69, 9.17) is 9.47 Å². The Balaban J connectivity index is 3.29. The molecular formula is C16H20N2O7. The maximum Gasteiger partial charge on any atom is 0.320 e. The first-order chi connectivity index (χ1) is 11.8. The van der Waals surface area contributed by atoms with Gasteiger partial charge in [-0.25, -0.2) is 0 Å². The number of carbonyl (C=O) groups excluding carboxylic acids is 3. The summed E-state index contributed by atoms with van der Waals surface area (Å²) in [7, 11) is 0. The van der Waals surface area contributed by atoms with Crippen molar-refractivity contribution in [2.24, 2.45) is 5.92 Å². The van der Waals surface area contributed by atoms with Gasteiger partial charge in [0.15, 0.2) is 5.92 Å². The topological polar surface area (TPSA) is 125 Å². The summed E-state index contributed by atoms with van der Waals surface area (Å²) < 4.78 is 9.76. The van der Waals surface area contributed by atoms with Crippen molar-refractivity contribution in [1.29, 1.82) is 0 Å². The monoisotopic (exact) mass is 352 g/mol. The van der Waals surface area contributed by atoms with Crippen molar-refractivity contribution in [2.45, 2.75) is 27.2 Å². The average molecular weight is 352 g/mol. The minimum atomic E-state index is -1.28. The molecule has 1 N–H and O–H groups in total. The van der Waals surface area contributed by atoms with Gasteiger partial charge < -0.3 is 14.8 Å². The molecule has 1 amide bonds. The Kier molecular flexibility index (Phi) is 7.51. The highest BCUT2D eigenvalue weighted by molar-refractivity contribution is 5.96. The van der Waals surface area contributed by atoms with Gasteiger partial charge in [0.1, 0.15) is 5.69 Å². The molecule has 136 valence electrons. The zero-order valence-electron chi connectivity index (χ0n) is 14.2. The van der Waals surface area contributed by atoms with E-state index in [-0.39, 0.29) is 36.6 Å². The Hall–Kier alpha value is -2.97. The molecular weight excluding hydrogens is 332 g/mol. The van der Waals surface area contributed by atoms with Gasteiger partial charge in [-0.2, -0.15) is 0 Å². The predicted octanol–water partition coefficient (Wildman–Crippen LogP) is 1.84. The summed E-state index contributed by atoms with van der Waals surface area (Å²) in [4.78, 5) is 46.1. The first kappa shape index (κ1) is 20.1. The molecule has 1 aromatic rings. The molecule has 9 heteroatoms. The normalized spacial score (nSPS) is 10.2. The number of hydrogen-bond donors (Lipinski definition) is 1. The molecule has 1 aromatic carbocycles. The van der Waals surface area contributed by atoms with Crippen molar-refractivity contribution in [3.63, 3.8) is 0 Å². The van der Waals surface area contributed by atoms with Crippen molar-refractivity contribution in [1.82, 2.24) is 0 Å². The number of esters is 2. The molecule has 25 heavy (non-hydrogen) atoms. The van der Waals surface area contributed by atoms with Gasteiger partial charge in [0, 0.05) is 13.0 Å². The van der Waals surface area contributed by atoms with Crippen LogP contribution < -0.4 is 5.32 Å². The molecule has 0 aromatic heterocycles. The minimum absolute atomic E-state index is 0.0569. The zero-order valence-corrected chi connectivity index (χ0v) is 14.2. The number of para-hydroxylation sites is 1. The third-order valence-electron chi connectivity index (χ3n) is 3.19. The van der Waals surface area contributed by atoms with Crippen molar-refractivity contribution in [2.75, 3.05) is 18.5 Å². The molecule has 0 spiro atoms. The standard InChI is InChI=1S/C16H20N2O7/c1-4-24-15(20)12(16(21)25-5-2)9-11-7-6-8-13(18(22)23)14(11)17-10(3)19/h6-8,12H,4-5,9H2,1-3H3,(H,17,19). The lowest BCUT2D eigenvalue weighted by molar-refractivity contribution is -0.384. The van der Waals surface area contributed by atoms with E-state index >= 15 is 0 Å². The van der Waals surface area contributed by atoms with Crippen LogP contribution in [0.25, 0.3) is 0 Å². The smallest absolute Gasteiger partial charge is 0.320 e. The van der Waals surface area contributed by atoms with E-state index in [0.717, 1.165) is 0 Å². The summed E-state index contributed by atoms with van der Waals surface area (Å²) in [6.45, 7) is 4.53. The molecule has 1 rings (SSSR count). The van der Waals surface area contributed by atoms with E-state index in [0.29, 0.717) is 0 Å². The lowest BCUT2D eigenvalue weighted by atomic mass is 9.97. The second-order valence-corrected chi connectivity index (χ2v) is 5.01. The van der Waals surface area contributed by atoms with Crippen molar-refractivity contribution in [3.8, 4) is 0 Å². The van der Waals surface area contributed by atoms with Gasteiger partial charge in [-0.1, -0.05) is 12.1 Å². The van der Waals surface area contributed by atoms with Crippen LogP contribution in [-0.4, -0.2) is 36.0 Å². The Labute approximate surface area is 144 Å². The maximum absolute atomic E-state index is 12.1. The third kappa shape index (κ3) is 5.55. The molecule has 0 aliphatic rings. The number of nitrogens with one attached hydrogen (secondary N) is 1. The molecule has 0 unspecified atom stereocenters. The molecule has 0 heterocycles. The first-order valence-electron chi connectivity index (χ1n) is 7.68. The van der Waals surface area contributed by atoms with Crippen LogP contribution in [-0.2, 0) is 30.3 Å². The summed E-state index contributed by atoms with van der Waals surface area (Å²) in [5, 5.41) is 13.6. The molecule has 0 radical (unpaired) electrons. The lowest BCUT2D eigenvalue weighted by Gasteiger charge is -2.16. The van der Waals surface area contributed by atoms with Crippen LogP contribution in [0, 0.1) is 16.0 Å². The number of nitro groups is 1. The van der Waals surface area contributed by atoms with E-state index in [1.165, 1.54) is 25.1 Å². The van der Waals surface area contributed by atoms with Crippen LogP contribution in [0.15, 0.2) is 18.2 Å². The lowest BCUT2D eigenvalue weighted by Crippen LogP contribution is -2.30. The summed E-state index contributed by atoms with van der Waals surface area (Å²) in [5.74, 6) is -3.38. The number of anilines is 1. The van der Waals surface area contributed by atoms with E-state index in [1.807, 2.05) is 0 Å². The number of ether oxygens (including phenoxy) is 2. The van der Waals surface area contributed by atoms with E-state index < -0.39 is 28.7 Å². The largest absolute Gasteiger partial charge is 0.465 e. The number of benzene rings is 1. The molecule has 0 atom stereocenters. The predicted molar refractivity (Wildman–Crippen MR) is 87.9 cm³/mol. The number of nitro benzene ring substituents is 1. The van der Waals surface area contributed by atoms with Gasteiger partial charge in [-0.3, -0.25) is 24.5 Å². The molecule has 0 aliphatic heterocycles. The molecule has 0 bridgehead atoms. The fourth-order valence-electron chi connectivity index (χ4n) is 2.20. The van der Waals surface area contributed by atoms with Crippen LogP contribution in [0.1, 0.15) is 26.3 Å². The third-order valence-corrected chi connectivity index (χ3v) is 3.19. The van der Waals surface area contributed by atoms with Crippen molar-refractivity contribution >= 4 is 29.2 Å². The minimum Gasteiger partial charge on any atom is -0.465 e. The molecule has 0 aliphatic carbocycles. The Morgan fingerprint density at radius 2 is 1.72 bits per heavy atom. The zero-order chi connectivity index (χ0) is 19.0. The molecule has 9 nitrogen and oxygen atoms in total. The van der Waals surface area contributed by atoms with Crippen molar-refractivity contribution in [3.05, 3.63) is 33.9 Å². The summed E-state index contributed by atoms with van der Waals surface area (Å²) >= 11 is 0. The second-order valence-electron chi connectivity index (χ2n) is 5.01. The van der Waals surface area contributed by atoms with E-state index in [1.54, 1.807) is 13.8 Å². The highest BCUT2D eigenvalue weighted by Crippen LogP contribution is 2.30.